The van der Waals surface area contributed by atoms with Crippen molar-refractivity contribution in [2.75, 3.05) is 0 Å². The van der Waals surface area contributed by atoms with E-state index in [1.165, 1.54) is 0 Å². The molecule has 0 aromatic carbocycles. The molecule has 0 aliphatic rings. The van der Waals surface area contributed by atoms with E-state index in [0.29, 0.717) is 0 Å². The zero-order valence-corrected chi connectivity index (χ0v) is 8.81. The van der Waals surface area contributed by atoms with Gasteiger partial charge in [-0.3, -0.25) is 0 Å². The number of aryl methyl sites for hydroxylation is 2. The van der Waals surface area contributed by atoms with Gasteiger partial charge in [0, 0.05) is 5.56 Å². The first-order valence-corrected chi connectivity index (χ1v) is 4.70. The van der Waals surface area contributed by atoms with Gasteiger partial charge < -0.3 is 0 Å². The molecule has 0 spiro atoms. The van der Waals surface area contributed by atoms with Gasteiger partial charge in [-0.1, -0.05) is 24.8 Å². The molecular weight excluding hydrogens is 188 g/mol. The van der Waals surface area contributed by atoms with Crippen LogP contribution in [0.5, 0.6) is 0 Å². The molecule has 2 rings (SSSR count). The average Bonchev–Trinajstić information content (AvgIpc) is 2.59. The molecule has 0 unspecified atom stereocenters. The molecule has 0 amide bonds. The van der Waals surface area contributed by atoms with Crippen LogP contribution in [0.25, 0.3) is 11.7 Å². The van der Waals surface area contributed by atoms with E-state index in [1.54, 1.807) is 10.6 Å². The predicted molar refractivity (Wildman–Crippen MR) is 59.5 cm³/mol. The smallest absolute Gasteiger partial charge is 0.185 e. The van der Waals surface area contributed by atoms with Crippen molar-refractivity contribution in [3.8, 4) is 0 Å². The summed E-state index contributed by atoms with van der Waals surface area (Å²) in [5.41, 5.74) is 2.89. The summed E-state index contributed by atoms with van der Waals surface area (Å²) in [6.07, 6.45) is 7.39. The molecule has 76 valence electrons. The number of rotatable bonds is 2. The van der Waals surface area contributed by atoms with Crippen LogP contribution in [0.1, 0.15) is 17.0 Å². The lowest BCUT2D eigenvalue weighted by atomic mass is 10.1. The Kier molecular flexibility index (Phi) is 2.33. The van der Waals surface area contributed by atoms with E-state index < -0.39 is 0 Å². The lowest BCUT2D eigenvalue weighted by molar-refractivity contribution is 0.868. The largest absolute Gasteiger partial charge is 0.197 e. The van der Waals surface area contributed by atoms with Gasteiger partial charge in [0.15, 0.2) is 11.5 Å². The Morgan fingerprint density at radius 3 is 2.87 bits per heavy atom. The maximum Gasteiger partial charge on any atom is 0.185 e. The number of aromatic nitrogens is 4. The molecular formula is C11H12N4. The quantitative estimate of drug-likeness (QED) is 0.696. The highest BCUT2D eigenvalue weighted by Gasteiger charge is 2.07. The first kappa shape index (κ1) is 9.58. The Bertz CT molecular complexity index is 537. The molecule has 0 aliphatic heterocycles. The lowest BCUT2D eigenvalue weighted by Crippen LogP contribution is -1.97. The summed E-state index contributed by atoms with van der Waals surface area (Å²) in [7, 11) is 0. The summed E-state index contributed by atoms with van der Waals surface area (Å²) in [5, 5.41) is 12.3. The van der Waals surface area contributed by atoms with Crippen molar-refractivity contribution < 1.29 is 0 Å². The lowest BCUT2D eigenvalue weighted by Gasteiger charge is -2.01. The predicted octanol–water partition coefficient (Wildman–Crippen LogP) is 1.94. The van der Waals surface area contributed by atoms with Crippen LogP contribution in [0.15, 0.2) is 24.9 Å². The molecule has 2 aromatic heterocycles. The Balaban J connectivity index is 2.74. The van der Waals surface area contributed by atoms with Crippen LogP contribution in [0, 0.1) is 13.8 Å². The highest BCUT2D eigenvalue weighted by Crippen LogP contribution is 2.14. The molecule has 0 N–H and O–H groups in total. The molecule has 0 radical (unpaired) electrons. The van der Waals surface area contributed by atoms with Crippen molar-refractivity contribution in [3.63, 3.8) is 0 Å². The minimum Gasteiger partial charge on any atom is -0.197 e. The minimum atomic E-state index is 0.783. The maximum absolute atomic E-state index is 4.24. The van der Waals surface area contributed by atoms with Gasteiger partial charge in [-0.2, -0.15) is 9.61 Å². The third-order valence-electron chi connectivity index (χ3n) is 2.23. The first-order chi connectivity index (χ1) is 7.24. The van der Waals surface area contributed by atoms with Crippen molar-refractivity contribution in [3.05, 3.63) is 41.9 Å². The van der Waals surface area contributed by atoms with E-state index in [0.717, 1.165) is 22.6 Å². The second-order valence-electron chi connectivity index (χ2n) is 3.32. The molecule has 4 nitrogen and oxygen atoms in total. The van der Waals surface area contributed by atoms with E-state index in [1.807, 2.05) is 32.2 Å². The maximum atomic E-state index is 4.24. The summed E-state index contributed by atoms with van der Waals surface area (Å²) in [6, 6.07) is 0. The van der Waals surface area contributed by atoms with Crippen molar-refractivity contribution >= 4 is 11.7 Å². The zero-order valence-electron chi connectivity index (χ0n) is 8.81. The van der Waals surface area contributed by atoms with Gasteiger partial charge in [0.05, 0.1) is 6.20 Å². The third-order valence-corrected chi connectivity index (χ3v) is 2.23. The topological polar surface area (TPSA) is 43.1 Å². The van der Waals surface area contributed by atoms with E-state index in [4.69, 9.17) is 0 Å². The fraction of sp³-hybridized carbons (Fsp3) is 0.182. The SMILES string of the molecule is C=C/C=C\c1c(C)cnn2c(C)nnc12. The summed E-state index contributed by atoms with van der Waals surface area (Å²) in [6.45, 7) is 7.52. The third kappa shape index (κ3) is 1.54. The molecule has 0 saturated heterocycles. The minimum absolute atomic E-state index is 0.783. The number of hydrogen-bond donors (Lipinski definition) is 0. The van der Waals surface area contributed by atoms with E-state index in [2.05, 4.69) is 21.9 Å². The van der Waals surface area contributed by atoms with Gasteiger partial charge in [0.2, 0.25) is 0 Å². The van der Waals surface area contributed by atoms with Crippen LogP contribution in [-0.2, 0) is 0 Å². The van der Waals surface area contributed by atoms with E-state index in [-0.39, 0.29) is 0 Å². The number of nitrogens with zero attached hydrogens (tertiary/aromatic N) is 4. The van der Waals surface area contributed by atoms with Gasteiger partial charge in [-0.25, -0.2) is 0 Å². The van der Waals surface area contributed by atoms with Crippen LogP contribution in [0.3, 0.4) is 0 Å². The average molecular weight is 200 g/mol. The summed E-state index contributed by atoms with van der Waals surface area (Å²) in [5.74, 6) is 0.790. The van der Waals surface area contributed by atoms with Crippen molar-refractivity contribution in [1.29, 1.82) is 0 Å². The van der Waals surface area contributed by atoms with Crippen molar-refractivity contribution in [1.82, 2.24) is 19.8 Å². The Labute approximate surface area is 88.0 Å². The van der Waals surface area contributed by atoms with Crippen LogP contribution < -0.4 is 0 Å². The second-order valence-corrected chi connectivity index (χ2v) is 3.32. The van der Waals surface area contributed by atoms with Crippen LogP contribution in [0.2, 0.25) is 0 Å². The number of hydrogen-bond acceptors (Lipinski definition) is 3. The van der Waals surface area contributed by atoms with Crippen molar-refractivity contribution in [2.24, 2.45) is 0 Å². The summed E-state index contributed by atoms with van der Waals surface area (Å²) >= 11 is 0. The highest BCUT2D eigenvalue weighted by molar-refractivity contribution is 5.68. The molecule has 2 heterocycles. The molecule has 0 fully saturated rings. The van der Waals surface area contributed by atoms with Crippen LogP contribution >= 0.6 is 0 Å². The monoisotopic (exact) mass is 200 g/mol. The zero-order chi connectivity index (χ0) is 10.8. The van der Waals surface area contributed by atoms with Crippen LogP contribution in [-0.4, -0.2) is 19.8 Å². The summed E-state index contributed by atoms with van der Waals surface area (Å²) in [4.78, 5) is 0. The molecule has 2 aromatic rings. The molecule has 0 atom stereocenters. The fourth-order valence-corrected chi connectivity index (χ4v) is 1.42. The van der Waals surface area contributed by atoms with E-state index >= 15 is 0 Å². The van der Waals surface area contributed by atoms with Gasteiger partial charge in [0.25, 0.3) is 0 Å². The molecule has 15 heavy (non-hydrogen) atoms. The summed E-state index contributed by atoms with van der Waals surface area (Å²) < 4.78 is 1.73. The van der Waals surface area contributed by atoms with E-state index in [9.17, 15) is 0 Å². The molecule has 0 aliphatic carbocycles. The van der Waals surface area contributed by atoms with Gasteiger partial charge >= 0.3 is 0 Å². The number of fused-ring (bicyclic) bond motifs is 1. The standard InChI is InChI=1S/C11H12N4/c1-4-5-6-10-8(2)7-12-15-9(3)13-14-11(10)15/h4-7H,1H2,2-3H3/b6-5-. The van der Waals surface area contributed by atoms with Crippen LogP contribution in [0.4, 0.5) is 0 Å². The fourth-order valence-electron chi connectivity index (χ4n) is 1.42. The number of allylic oxidation sites excluding steroid dienone is 2. The molecule has 0 bridgehead atoms. The molecule has 0 saturated carbocycles. The highest BCUT2D eigenvalue weighted by atomic mass is 15.4. The van der Waals surface area contributed by atoms with Gasteiger partial charge in [-0.05, 0) is 19.4 Å². The normalized spacial score (nSPS) is 11.3. The Hall–Kier alpha value is -1.97. The van der Waals surface area contributed by atoms with Crippen molar-refractivity contribution in [2.45, 2.75) is 13.8 Å². The Morgan fingerprint density at radius 2 is 2.13 bits per heavy atom. The van der Waals surface area contributed by atoms with Gasteiger partial charge in [0.1, 0.15) is 0 Å². The second kappa shape index (κ2) is 3.65. The molecule has 4 heteroatoms. The first-order valence-electron chi connectivity index (χ1n) is 4.70. The van der Waals surface area contributed by atoms with Gasteiger partial charge in [-0.15, -0.1) is 10.2 Å². The Morgan fingerprint density at radius 1 is 1.33 bits per heavy atom.